The number of unbranched alkanes of at least 4 members (excludes halogenated alkanes) is 1. The van der Waals surface area contributed by atoms with Crippen molar-refractivity contribution in [3.63, 3.8) is 0 Å². The van der Waals surface area contributed by atoms with Crippen LogP contribution in [0.25, 0.3) is 0 Å². The summed E-state index contributed by atoms with van der Waals surface area (Å²) < 4.78 is 5.59. The third-order valence-electron chi connectivity index (χ3n) is 2.55. The third-order valence-corrected chi connectivity index (χ3v) is 3.11. The Bertz CT molecular complexity index is 201. The summed E-state index contributed by atoms with van der Waals surface area (Å²) in [5, 5.41) is 0.982. The van der Waals surface area contributed by atoms with E-state index < -0.39 is 0 Å². The number of hydrogen-bond donors (Lipinski definition) is 0. The monoisotopic (exact) mass is 277 g/mol. The van der Waals surface area contributed by atoms with E-state index in [1.165, 1.54) is 0 Å². The van der Waals surface area contributed by atoms with Crippen LogP contribution in [0.2, 0.25) is 0 Å². The van der Waals surface area contributed by atoms with Crippen LogP contribution >= 0.6 is 15.9 Å². The molecule has 3 nitrogen and oxygen atoms in total. The van der Waals surface area contributed by atoms with Gasteiger partial charge in [-0.2, -0.15) is 0 Å². The standard InChI is InChI=1S/C11H20BrNO2/c1-9-7-13(8-10(2)15-9)11(14)5-3-4-6-12/h9-10H,3-8H2,1-2H3/t9-,10+. The van der Waals surface area contributed by atoms with Gasteiger partial charge in [0.25, 0.3) is 0 Å². The summed E-state index contributed by atoms with van der Waals surface area (Å²) >= 11 is 3.37. The number of ether oxygens (including phenoxy) is 1. The van der Waals surface area contributed by atoms with Crippen molar-refractivity contribution >= 4 is 21.8 Å². The molecule has 1 heterocycles. The second kappa shape index (κ2) is 6.48. The fourth-order valence-corrected chi connectivity index (χ4v) is 2.31. The largest absolute Gasteiger partial charge is 0.372 e. The highest BCUT2D eigenvalue weighted by molar-refractivity contribution is 9.09. The summed E-state index contributed by atoms with van der Waals surface area (Å²) in [6, 6.07) is 0. The Hall–Kier alpha value is -0.0900. The molecule has 0 aromatic heterocycles. The number of hydrogen-bond acceptors (Lipinski definition) is 2. The van der Waals surface area contributed by atoms with Crippen LogP contribution in [0.3, 0.4) is 0 Å². The maximum Gasteiger partial charge on any atom is 0.222 e. The molecule has 2 atom stereocenters. The van der Waals surface area contributed by atoms with Crippen molar-refractivity contribution in [1.82, 2.24) is 4.90 Å². The van der Waals surface area contributed by atoms with Gasteiger partial charge < -0.3 is 9.64 Å². The van der Waals surface area contributed by atoms with Crippen molar-refractivity contribution in [1.29, 1.82) is 0 Å². The number of carbonyl (C=O) groups excluding carboxylic acids is 1. The lowest BCUT2D eigenvalue weighted by molar-refractivity contribution is -0.143. The van der Waals surface area contributed by atoms with E-state index in [0.717, 1.165) is 31.3 Å². The zero-order chi connectivity index (χ0) is 11.3. The highest BCUT2D eigenvalue weighted by Gasteiger charge is 2.25. The molecule has 0 spiro atoms. The molecule has 1 fully saturated rings. The number of rotatable bonds is 4. The molecule has 4 heteroatoms. The molecule has 0 aromatic carbocycles. The summed E-state index contributed by atoms with van der Waals surface area (Å²) in [6.45, 7) is 5.54. The van der Waals surface area contributed by atoms with E-state index >= 15 is 0 Å². The van der Waals surface area contributed by atoms with Gasteiger partial charge in [0.2, 0.25) is 5.91 Å². The third kappa shape index (κ3) is 4.51. The molecule has 1 saturated heterocycles. The van der Waals surface area contributed by atoms with E-state index in [4.69, 9.17) is 4.74 Å². The minimum Gasteiger partial charge on any atom is -0.372 e. The highest BCUT2D eigenvalue weighted by Crippen LogP contribution is 2.12. The predicted octanol–water partition coefficient (Wildman–Crippen LogP) is 2.19. The average Bonchev–Trinajstić information content (AvgIpc) is 2.16. The van der Waals surface area contributed by atoms with Crippen molar-refractivity contribution in [2.24, 2.45) is 0 Å². The Morgan fingerprint density at radius 3 is 2.47 bits per heavy atom. The molecule has 0 unspecified atom stereocenters. The minimum absolute atomic E-state index is 0.175. The molecular formula is C11H20BrNO2. The van der Waals surface area contributed by atoms with E-state index in [2.05, 4.69) is 15.9 Å². The molecule has 0 aromatic rings. The number of alkyl halides is 1. The molecule has 15 heavy (non-hydrogen) atoms. The Morgan fingerprint density at radius 1 is 1.33 bits per heavy atom. The van der Waals surface area contributed by atoms with Crippen LogP contribution in [-0.2, 0) is 9.53 Å². The van der Waals surface area contributed by atoms with Crippen LogP contribution in [0.15, 0.2) is 0 Å². The maximum absolute atomic E-state index is 11.8. The lowest BCUT2D eigenvalue weighted by Crippen LogP contribution is -2.48. The number of morpholine rings is 1. The van der Waals surface area contributed by atoms with Gasteiger partial charge in [0.15, 0.2) is 0 Å². The van der Waals surface area contributed by atoms with E-state index in [0.29, 0.717) is 6.42 Å². The van der Waals surface area contributed by atoms with E-state index in [1.807, 2.05) is 18.7 Å². The van der Waals surface area contributed by atoms with Crippen molar-refractivity contribution < 1.29 is 9.53 Å². The zero-order valence-corrected chi connectivity index (χ0v) is 11.1. The maximum atomic E-state index is 11.8. The van der Waals surface area contributed by atoms with E-state index in [9.17, 15) is 4.79 Å². The first-order valence-electron chi connectivity index (χ1n) is 5.62. The molecule has 88 valence electrons. The van der Waals surface area contributed by atoms with Gasteiger partial charge in [0.05, 0.1) is 12.2 Å². The van der Waals surface area contributed by atoms with Crippen LogP contribution in [0.1, 0.15) is 33.1 Å². The molecular weight excluding hydrogens is 258 g/mol. The summed E-state index contributed by atoms with van der Waals surface area (Å²) in [5.74, 6) is 0.276. The van der Waals surface area contributed by atoms with Gasteiger partial charge in [-0.3, -0.25) is 4.79 Å². The molecule has 0 bridgehead atoms. The van der Waals surface area contributed by atoms with Crippen molar-refractivity contribution in [2.75, 3.05) is 18.4 Å². The average molecular weight is 278 g/mol. The summed E-state index contributed by atoms with van der Waals surface area (Å²) in [5.41, 5.74) is 0. The summed E-state index contributed by atoms with van der Waals surface area (Å²) in [7, 11) is 0. The number of amides is 1. The van der Waals surface area contributed by atoms with Crippen LogP contribution < -0.4 is 0 Å². The first-order chi connectivity index (χ1) is 7.13. The van der Waals surface area contributed by atoms with Gasteiger partial charge in [0, 0.05) is 24.8 Å². The van der Waals surface area contributed by atoms with Crippen LogP contribution in [0.5, 0.6) is 0 Å². The molecule has 0 saturated carbocycles. The molecule has 0 radical (unpaired) electrons. The lowest BCUT2D eigenvalue weighted by atomic mass is 10.2. The van der Waals surface area contributed by atoms with Crippen LogP contribution in [0.4, 0.5) is 0 Å². The second-order valence-corrected chi connectivity index (χ2v) is 5.00. The molecule has 1 aliphatic heterocycles. The van der Waals surface area contributed by atoms with Crippen molar-refractivity contribution in [3.8, 4) is 0 Å². The van der Waals surface area contributed by atoms with Crippen LogP contribution in [-0.4, -0.2) is 41.4 Å². The van der Waals surface area contributed by atoms with Gasteiger partial charge >= 0.3 is 0 Å². The first-order valence-corrected chi connectivity index (χ1v) is 6.75. The van der Waals surface area contributed by atoms with Crippen molar-refractivity contribution in [2.45, 2.75) is 45.3 Å². The fourth-order valence-electron chi connectivity index (χ4n) is 1.91. The second-order valence-electron chi connectivity index (χ2n) is 4.20. The smallest absolute Gasteiger partial charge is 0.222 e. The van der Waals surface area contributed by atoms with Gasteiger partial charge in [-0.05, 0) is 26.7 Å². The van der Waals surface area contributed by atoms with E-state index in [-0.39, 0.29) is 18.1 Å². The van der Waals surface area contributed by atoms with E-state index in [1.54, 1.807) is 0 Å². The van der Waals surface area contributed by atoms with Gasteiger partial charge in [0.1, 0.15) is 0 Å². The molecule has 1 aliphatic rings. The molecule has 1 amide bonds. The Morgan fingerprint density at radius 2 is 1.93 bits per heavy atom. The summed E-state index contributed by atoms with van der Waals surface area (Å²) in [4.78, 5) is 13.8. The number of nitrogens with zero attached hydrogens (tertiary/aromatic N) is 1. The molecule has 0 N–H and O–H groups in total. The van der Waals surface area contributed by atoms with Crippen molar-refractivity contribution in [3.05, 3.63) is 0 Å². The zero-order valence-electron chi connectivity index (χ0n) is 9.54. The topological polar surface area (TPSA) is 29.5 Å². The normalized spacial score (nSPS) is 26.7. The highest BCUT2D eigenvalue weighted by atomic mass is 79.9. The Kier molecular flexibility index (Phi) is 5.61. The minimum atomic E-state index is 0.175. The van der Waals surface area contributed by atoms with Gasteiger partial charge in [-0.25, -0.2) is 0 Å². The summed E-state index contributed by atoms with van der Waals surface area (Å²) in [6.07, 6.45) is 3.07. The predicted molar refractivity (Wildman–Crippen MR) is 64.2 cm³/mol. The Labute approximate surface area is 100 Å². The van der Waals surface area contributed by atoms with Crippen LogP contribution in [0, 0.1) is 0 Å². The number of halogens is 1. The quantitative estimate of drug-likeness (QED) is 0.582. The van der Waals surface area contributed by atoms with Gasteiger partial charge in [-0.1, -0.05) is 15.9 Å². The van der Waals surface area contributed by atoms with Gasteiger partial charge in [-0.15, -0.1) is 0 Å². The molecule has 1 rings (SSSR count). The lowest BCUT2D eigenvalue weighted by Gasteiger charge is -2.35. The fraction of sp³-hybridized carbons (Fsp3) is 0.909. The first kappa shape index (κ1) is 13.0. The number of carbonyl (C=O) groups is 1. The SMILES string of the molecule is C[C@@H]1CN(C(=O)CCCCBr)C[C@H](C)O1. The molecule has 0 aliphatic carbocycles. The Balaban J connectivity index is 2.31.